The average Bonchev–Trinajstić information content (AvgIpc) is 2.27. The topological polar surface area (TPSA) is 98.5 Å². The van der Waals surface area contributed by atoms with E-state index in [4.69, 9.17) is 5.73 Å². The van der Waals surface area contributed by atoms with Gasteiger partial charge < -0.3 is 5.73 Å². The Hall–Kier alpha value is -1.65. The van der Waals surface area contributed by atoms with E-state index in [1.54, 1.807) is 4.89 Å². The van der Waals surface area contributed by atoms with Crippen LogP contribution >= 0.6 is 0 Å². The number of benzene rings is 1. The zero-order valence-corrected chi connectivity index (χ0v) is 10.1. The van der Waals surface area contributed by atoms with E-state index in [0.29, 0.717) is 12.1 Å². The van der Waals surface area contributed by atoms with Gasteiger partial charge in [0, 0.05) is 0 Å². The zero-order chi connectivity index (χ0) is 14.7. The van der Waals surface area contributed by atoms with E-state index >= 15 is 0 Å². The number of nitrogens with one attached hydrogen (secondary N) is 1. The SMILES string of the molecule is NC(=O)CONS(=O)(=O)c1ccc(C(F)(F)F)cc1. The first-order chi connectivity index (χ1) is 8.63. The molecule has 0 aliphatic rings. The molecule has 1 amide bonds. The molecule has 0 aliphatic heterocycles. The Balaban J connectivity index is 2.82. The van der Waals surface area contributed by atoms with Gasteiger partial charge in [-0.25, -0.2) is 8.42 Å². The van der Waals surface area contributed by atoms with Crippen LogP contribution in [0.2, 0.25) is 0 Å². The fourth-order valence-corrected chi connectivity index (χ4v) is 1.85. The average molecular weight is 298 g/mol. The summed E-state index contributed by atoms with van der Waals surface area (Å²) in [6.45, 7) is -0.695. The van der Waals surface area contributed by atoms with Gasteiger partial charge in [0.05, 0.1) is 10.5 Å². The molecule has 6 nitrogen and oxygen atoms in total. The summed E-state index contributed by atoms with van der Waals surface area (Å²) >= 11 is 0. The molecular weight excluding hydrogens is 289 g/mol. The predicted molar refractivity (Wildman–Crippen MR) is 56.9 cm³/mol. The predicted octanol–water partition coefficient (Wildman–Crippen LogP) is 0.401. The fraction of sp³-hybridized carbons (Fsp3) is 0.222. The second-order valence-electron chi connectivity index (χ2n) is 3.36. The number of primary amides is 1. The molecule has 0 unspecified atom stereocenters. The van der Waals surface area contributed by atoms with Crippen LogP contribution in [-0.2, 0) is 25.8 Å². The van der Waals surface area contributed by atoms with Crippen molar-refractivity contribution in [3.63, 3.8) is 0 Å². The minimum atomic E-state index is -4.56. The van der Waals surface area contributed by atoms with Crippen molar-refractivity contribution in [2.24, 2.45) is 5.73 Å². The summed E-state index contributed by atoms with van der Waals surface area (Å²) in [5.74, 6) is -0.907. The van der Waals surface area contributed by atoms with Crippen LogP contribution in [0.1, 0.15) is 5.56 Å². The summed E-state index contributed by atoms with van der Waals surface area (Å²) in [4.78, 5) is 15.7. The number of carbonyl (C=O) groups excluding carboxylic acids is 1. The van der Waals surface area contributed by atoms with Gasteiger partial charge in [-0.3, -0.25) is 9.63 Å². The number of hydrogen-bond acceptors (Lipinski definition) is 4. The molecule has 106 valence electrons. The molecule has 3 N–H and O–H groups in total. The lowest BCUT2D eigenvalue weighted by Gasteiger charge is -2.08. The summed E-state index contributed by atoms with van der Waals surface area (Å²) in [7, 11) is -4.17. The number of sulfonamides is 1. The first-order valence-electron chi connectivity index (χ1n) is 4.72. The van der Waals surface area contributed by atoms with E-state index in [-0.39, 0.29) is 0 Å². The number of halogens is 3. The van der Waals surface area contributed by atoms with Crippen molar-refractivity contribution in [1.29, 1.82) is 0 Å². The molecule has 0 aliphatic carbocycles. The lowest BCUT2D eigenvalue weighted by Crippen LogP contribution is -2.29. The fourth-order valence-electron chi connectivity index (χ4n) is 1.05. The molecule has 0 atom stereocenters. The molecule has 0 saturated heterocycles. The van der Waals surface area contributed by atoms with Crippen LogP contribution in [0.15, 0.2) is 29.2 Å². The summed E-state index contributed by atoms with van der Waals surface area (Å²) in [6.07, 6.45) is -4.56. The molecule has 0 radical (unpaired) electrons. The maximum atomic E-state index is 12.3. The smallest absolute Gasteiger partial charge is 0.368 e. The highest BCUT2D eigenvalue weighted by atomic mass is 32.2. The van der Waals surface area contributed by atoms with Gasteiger partial charge >= 0.3 is 6.18 Å². The molecule has 19 heavy (non-hydrogen) atoms. The van der Waals surface area contributed by atoms with Gasteiger partial charge in [0.2, 0.25) is 5.91 Å². The maximum absolute atomic E-state index is 12.3. The minimum absolute atomic E-state index is 0.440. The first-order valence-corrected chi connectivity index (χ1v) is 6.20. The van der Waals surface area contributed by atoms with E-state index in [9.17, 15) is 26.4 Å². The highest BCUT2D eigenvalue weighted by Crippen LogP contribution is 2.29. The molecule has 0 bridgehead atoms. The third-order valence-corrected chi connectivity index (χ3v) is 3.11. The van der Waals surface area contributed by atoms with Gasteiger partial charge in [-0.1, -0.05) is 4.89 Å². The Labute approximate surface area is 106 Å². The van der Waals surface area contributed by atoms with Crippen molar-refractivity contribution in [3.8, 4) is 0 Å². The number of alkyl halides is 3. The maximum Gasteiger partial charge on any atom is 0.416 e. The number of hydrogen-bond donors (Lipinski definition) is 2. The standard InChI is InChI=1S/C9H9F3N2O4S/c10-9(11,12)6-1-3-7(4-2-6)19(16,17)14-18-5-8(13)15/h1-4,14H,5H2,(H2,13,15). The van der Waals surface area contributed by atoms with E-state index in [2.05, 4.69) is 4.84 Å². The molecule has 1 aromatic rings. The lowest BCUT2D eigenvalue weighted by molar-refractivity contribution is -0.137. The second-order valence-corrected chi connectivity index (χ2v) is 5.01. The van der Waals surface area contributed by atoms with Gasteiger partial charge in [0.25, 0.3) is 10.0 Å². The number of amides is 1. The molecule has 10 heteroatoms. The molecule has 1 rings (SSSR count). The summed E-state index contributed by atoms with van der Waals surface area (Å²) in [6, 6.07) is 2.75. The number of carbonyl (C=O) groups is 1. The van der Waals surface area contributed by atoms with Crippen molar-refractivity contribution in [1.82, 2.24) is 4.89 Å². The van der Waals surface area contributed by atoms with E-state index < -0.39 is 39.2 Å². The Morgan fingerprint density at radius 2 is 1.79 bits per heavy atom. The molecule has 0 spiro atoms. The third kappa shape index (κ3) is 4.50. The largest absolute Gasteiger partial charge is 0.416 e. The highest BCUT2D eigenvalue weighted by molar-refractivity contribution is 7.89. The van der Waals surface area contributed by atoms with Gasteiger partial charge in [0.15, 0.2) is 0 Å². The van der Waals surface area contributed by atoms with E-state index in [1.165, 1.54) is 0 Å². The Morgan fingerprint density at radius 3 is 2.21 bits per heavy atom. The zero-order valence-electron chi connectivity index (χ0n) is 9.27. The molecule has 0 fully saturated rings. The third-order valence-electron chi connectivity index (χ3n) is 1.88. The minimum Gasteiger partial charge on any atom is -0.368 e. The lowest BCUT2D eigenvalue weighted by atomic mass is 10.2. The van der Waals surface area contributed by atoms with Gasteiger partial charge in [-0.2, -0.15) is 13.2 Å². The van der Waals surface area contributed by atoms with Crippen molar-refractivity contribution < 1.29 is 31.2 Å². The van der Waals surface area contributed by atoms with Crippen LogP contribution < -0.4 is 10.6 Å². The van der Waals surface area contributed by atoms with Crippen LogP contribution in [0, 0.1) is 0 Å². The molecule has 0 saturated carbocycles. The van der Waals surface area contributed by atoms with Crippen molar-refractivity contribution in [2.75, 3.05) is 6.61 Å². The van der Waals surface area contributed by atoms with Gasteiger partial charge in [0.1, 0.15) is 6.61 Å². The monoisotopic (exact) mass is 298 g/mol. The molecule has 0 heterocycles. The molecule has 0 aromatic heterocycles. The first kappa shape index (κ1) is 15.4. The molecule has 1 aromatic carbocycles. The Bertz CT molecular complexity index is 554. The van der Waals surface area contributed by atoms with Crippen molar-refractivity contribution >= 4 is 15.9 Å². The Kier molecular flexibility index (Phi) is 4.50. The van der Waals surface area contributed by atoms with Crippen LogP contribution in [0.25, 0.3) is 0 Å². The van der Waals surface area contributed by atoms with E-state index in [1.807, 2.05) is 0 Å². The second kappa shape index (κ2) is 5.55. The number of nitrogens with two attached hydrogens (primary N) is 1. The highest BCUT2D eigenvalue weighted by Gasteiger charge is 2.30. The van der Waals surface area contributed by atoms with Crippen molar-refractivity contribution in [3.05, 3.63) is 29.8 Å². The molecular formula is C9H9F3N2O4S. The van der Waals surface area contributed by atoms with Crippen LogP contribution in [0.5, 0.6) is 0 Å². The van der Waals surface area contributed by atoms with Gasteiger partial charge in [-0.05, 0) is 24.3 Å². The van der Waals surface area contributed by atoms with Gasteiger partial charge in [-0.15, -0.1) is 0 Å². The van der Waals surface area contributed by atoms with E-state index in [0.717, 1.165) is 12.1 Å². The van der Waals surface area contributed by atoms with Crippen molar-refractivity contribution in [2.45, 2.75) is 11.1 Å². The van der Waals surface area contributed by atoms with Crippen LogP contribution in [-0.4, -0.2) is 20.9 Å². The summed E-state index contributed by atoms with van der Waals surface area (Å²) in [5, 5.41) is 0. The quantitative estimate of drug-likeness (QED) is 0.769. The normalized spacial score (nSPS) is 12.4. The van der Waals surface area contributed by atoms with Crippen LogP contribution in [0.4, 0.5) is 13.2 Å². The summed E-state index contributed by atoms with van der Waals surface area (Å²) < 4.78 is 59.8. The Morgan fingerprint density at radius 1 is 1.26 bits per heavy atom. The summed E-state index contributed by atoms with van der Waals surface area (Å²) in [5.41, 5.74) is 3.72. The van der Waals surface area contributed by atoms with Crippen LogP contribution in [0.3, 0.4) is 0 Å². The number of rotatable bonds is 5.